The maximum Gasteiger partial charge on any atom is 0.303 e. The van der Waals surface area contributed by atoms with E-state index in [1.54, 1.807) is 0 Å². The summed E-state index contributed by atoms with van der Waals surface area (Å²) in [5.41, 5.74) is 0. The van der Waals surface area contributed by atoms with Gasteiger partial charge in [-0.25, -0.2) is 0 Å². The summed E-state index contributed by atoms with van der Waals surface area (Å²) in [4.78, 5) is 10.4. The molecule has 0 amide bonds. The fourth-order valence-electron chi connectivity index (χ4n) is 3.96. The van der Waals surface area contributed by atoms with Gasteiger partial charge < -0.3 is 5.11 Å². The van der Waals surface area contributed by atoms with Crippen LogP contribution in [-0.2, 0) is 4.79 Å². The normalized spacial score (nSPS) is 13.6. The van der Waals surface area contributed by atoms with Crippen molar-refractivity contribution in [3.8, 4) is 0 Å². The Balaban J connectivity index is 3.29. The van der Waals surface area contributed by atoms with E-state index in [4.69, 9.17) is 5.11 Å². The standard InChI is InChI=1S/C25H50O2/c1-4-5-6-12-15-18-23(2)21-22-24(3)19-16-13-10-8-7-9-11-14-17-20-25(26)27/h23-24H,4-22H2,1-3H3,(H,26,27). The van der Waals surface area contributed by atoms with Gasteiger partial charge in [-0.1, -0.05) is 130 Å². The van der Waals surface area contributed by atoms with E-state index in [9.17, 15) is 4.79 Å². The number of rotatable bonds is 21. The van der Waals surface area contributed by atoms with Crippen molar-refractivity contribution in [2.24, 2.45) is 11.8 Å². The predicted octanol–water partition coefficient (Wildman–Crippen LogP) is 8.78. The van der Waals surface area contributed by atoms with Crippen molar-refractivity contribution in [2.45, 2.75) is 143 Å². The third kappa shape index (κ3) is 21.6. The summed E-state index contributed by atoms with van der Waals surface area (Å²) in [5.74, 6) is 1.17. The lowest BCUT2D eigenvalue weighted by Crippen LogP contribution is -2.01. The molecule has 0 bridgehead atoms. The molecule has 0 rings (SSSR count). The summed E-state index contributed by atoms with van der Waals surface area (Å²) in [6.45, 7) is 7.19. The van der Waals surface area contributed by atoms with Gasteiger partial charge in [-0.2, -0.15) is 0 Å². The topological polar surface area (TPSA) is 37.3 Å². The molecule has 2 heteroatoms. The summed E-state index contributed by atoms with van der Waals surface area (Å²) in [7, 11) is 0. The summed E-state index contributed by atoms with van der Waals surface area (Å²) in [6, 6.07) is 0. The zero-order valence-electron chi connectivity index (χ0n) is 18.9. The van der Waals surface area contributed by atoms with E-state index in [1.807, 2.05) is 0 Å². The molecule has 0 heterocycles. The van der Waals surface area contributed by atoms with Crippen LogP contribution in [0.1, 0.15) is 143 Å². The molecule has 0 aromatic carbocycles. The van der Waals surface area contributed by atoms with E-state index in [-0.39, 0.29) is 0 Å². The van der Waals surface area contributed by atoms with Gasteiger partial charge in [0.1, 0.15) is 0 Å². The van der Waals surface area contributed by atoms with Crippen LogP contribution in [0, 0.1) is 11.8 Å². The highest BCUT2D eigenvalue weighted by molar-refractivity contribution is 5.66. The maximum absolute atomic E-state index is 10.4. The van der Waals surface area contributed by atoms with Gasteiger partial charge in [0, 0.05) is 6.42 Å². The van der Waals surface area contributed by atoms with E-state index in [2.05, 4.69) is 20.8 Å². The molecule has 2 nitrogen and oxygen atoms in total. The highest BCUT2D eigenvalue weighted by Crippen LogP contribution is 2.22. The van der Waals surface area contributed by atoms with Crippen LogP contribution in [0.15, 0.2) is 0 Å². The predicted molar refractivity (Wildman–Crippen MR) is 119 cm³/mol. The minimum absolute atomic E-state index is 0.343. The molecule has 0 aromatic rings. The lowest BCUT2D eigenvalue weighted by atomic mass is 9.91. The van der Waals surface area contributed by atoms with Crippen molar-refractivity contribution in [2.75, 3.05) is 0 Å². The SMILES string of the molecule is CCCCCCCC(C)CCC(C)CCCCCCCCCCCC(=O)O. The van der Waals surface area contributed by atoms with Crippen molar-refractivity contribution in [1.29, 1.82) is 0 Å². The van der Waals surface area contributed by atoms with Gasteiger partial charge in [-0.05, 0) is 18.3 Å². The average molecular weight is 383 g/mol. The molecule has 0 aliphatic carbocycles. The second kappa shape index (κ2) is 20.2. The third-order valence-corrected chi connectivity index (χ3v) is 6.04. The summed E-state index contributed by atoms with van der Waals surface area (Å²) in [6.07, 6.45) is 24.4. The van der Waals surface area contributed by atoms with Crippen LogP contribution in [0.2, 0.25) is 0 Å². The van der Waals surface area contributed by atoms with E-state index in [0.29, 0.717) is 6.42 Å². The summed E-state index contributed by atoms with van der Waals surface area (Å²) in [5, 5.41) is 8.60. The van der Waals surface area contributed by atoms with Crippen LogP contribution in [0.4, 0.5) is 0 Å². The fourth-order valence-corrected chi connectivity index (χ4v) is 3.96. The average Bonchev–Trinajstić information content (AvgIpc) is 2.64. The Morgan fingerprint density at radius 1 is 0.593 bits per heavy atom. The largest absolute Gasteiger partial charge is 0.481 e. The monoisotopic (exact) mass is 382 g/mol. The molecule has 162 valence electrons. The molecule has 0 saturated heterocycles. The van der Waals surface area contributed by atoms with E-state index < -0.39 is 5.97 Å². The van der Waals surface area contributed by atoms with Gasteiger partial charge in [0.25, 0.3) is 0 Å². The Bertz CT molecular complexity index is 313. The molecule has 27 heavy (non-hydrogen) atoms. The number of carbonyl (C=O) groups is 1. The lowest BCUT2D eigenvalue weighted by molar-refractivity contribution is -0.137. The van der Waals surface area contributed by atoms with E-state index >= 15 is 0 Å². The maximum atomic E-state index is 10.4. The van der Waals surface area contributed by atoms with Crippen LogP contribution in [0.3, 0.4) is 0 Å². The van der Waals surface area contributed by atoms with Gasteiger partial charge in [-0.3, -0.25) is 4.79 Å². The smallest absolute Gasteiger partial charge is 0.303 e. The zero-order valence-corrected chi connectivity index (χ0v) is 18.9. The molecule has 0 fully saturated rings. The van der Waals surface area contributed by atoms with Crippen LogP contribution >= 0.6 is 0 Å². The Morgan fingerprint density at radius 2 is 0.963 bits per heavy atom. The molecule has 0 radical (unpaired) electrons. The van der Waals surface area contributed by atoms with Gasteiger partial charge in [-0.15, -0.1) is 0 Å². The summed E-state index contributed by atoms with van der Waals surface area (Å²) < 4.78 is 0. The van der Waals surface area contributed by atoms with E-state index in [1.165, 1.54) is 103 Å². The van der Waals surface area contributed by atoms with Crippen molar-refractivity contribution in [3.63, 3.8) is 0 Å². The van der Waals surface area contributed by atoms with Crippen molar-refractivity contribution in [1.82, 2.24) is 0 Å². The first kappa shape index (κ1) is 26.5. The molecular formula is C25H50O2. The highest BCUT2D eigenvalue weighted by Gasteiger charge is 2.07. The summed E-state index contributed by atoms with van der Waals surface area (Å²) >= 11 is 0. The van der Waals surface area contributed by atoms with Crippen molar-refractivity contribution < 1.29 is 9.90 Å². The van der Waals surface area contributed by atoms with Gasteiger partial charge >= 0.3 is 5.97 Å². The van der Waals surface area contributed by atoms with Gasteiger partial charge in [0.05, 0.1) is 0 Å². The second-order valence-electron chi connectivity index (χ2n) is 9.10. The van der Waals surface area contributed by atoms with E-state index in [0.717, 1.165) is 24.7 Å². The first-order valence-electron chi connectivity index (χ1n) is 12.3. The highest BCUT2D eigenvalue weighted by atomic mass is 16.4. The molecule has 0 saturated carbocycles. The van der Waals surface area contributed by atoms with Crippen molar-refractivity contribution >= 4 is 5.97 Å². The minimum Gasteiger partial charge on any atom is -0.481 e. The Morgan fingerprint density at radius 3 is 1.37 bits per heavy atom. The molecule has 0 aliphatic heterocycles. The molecule has 1 N–H and O–H groups in total. The first-order valence-corrected chi connectivity index (χ1v) is 12.3. The number of unbranched alkanes of at least 4 members (excludes halogenated alkanes) is 12. The minimum atomic E-state index is -0.652. The lowest BCUT2D eigenvalue weighted by Gasteiger charge is -2.15. The molecule has 2 atom stereocenters. The number of carboxylic acid groups (broad SMARTS) is 1. The molecule has 2 unspecified atom stereocenters. The number of hydrogen-bond donors (Lipinski definition) is 1. The number of aliphatic carboxylic acids is 1. The van der Waals surface area contributed by atoms with Gasteiger partial charge in [0.15, 0.2) is 0 Å². The molecule has 0 aliphatic rings. The third-order valence-electron chi connectivity index (χ3n) is 6.04. The Kier molecular flexibility index (Phi) is 19.8. The van der Waals surface area contributed by atoms with Crippen molar-refractivity contribution in [3.05, 3.63) is 0 Å². The molecule has 0 aromatic heterocycles. The quantitative estimate of drug-likeness (QED) is 0.201. The fraction of sp³-hybridized carbons (Fsp3) is 0.960. The molecular weight excluding hydrogens is 332 g/mol. The second-order valence-corrected chi connectivity index (χ2v) is 9.10. The van der Waals surface area contributed by atoms with Crippen LogP contribution in [-0.4, -0.2) is 11.1 Å². The van der Waals surface area contributed by atoms with Gasteiger partial charge in [0.2, 0.25) is 0 Å². The number of hydrogen-bond acceptors (Lipinski definition) is 1. The Labute approximate surface area is 170 Å². The first-order chi connectivity index (χ1) is 13.1. The van der Waals surface area contributed by atoms with Crippen LogP contribution < -0.4 is 0 Å². The van der Waals surface area contributed by atoms with Crippen LogP contribution in [0.25, 0.3) is 0 Å². The zero-order chi connectivity index (χ0) is 20.2. The Hall–Kier alpha value is -0.530. The number of carboxylic acids is 1. The van der Waals surface area contributed by atoms with Crippen LogP contribution in [0.5, 0.6) is 0 Å². The molecule has 0 spiro atoms.